The minimum absolute atomic E-state index is 0.000551. The van der Waals surface area contributed by atoms with E-state index in [9.17, 15) is 19.7 Å². The number of carbonyl (C=O) groups excluding carboxylic acids is 2. The van der Waals surface area contributed by atoms with Crippen LogP contribution in [0.4, 0.5) is 10.5 Å². The maximum absolute atomic E-state index is 13.4. The van der Waals surface area contributed by atoms with Gasteiger partial charge in [-0.25, -0.2) is 9.97 Å². The number of amides is 2. The Morgan fingerprint density at radius 2 is 1.98 bits per heavy atom. The van der Waals surface area contributed by atoms with E-state index in [1.54, 1.807) is 42.5 Å². The molecule has 1 saturated carbocycles. The molecule has 2 amide bonds. The van der Waals surface area contributed by atoms with Gasteiger partial charge < -0.3 is 15.2 Å². The van der Waals surface area contributed by atoms with Crippen LogP contribution in [0.15, 0.2) is 65.5 Å². The number of nitrogens with zero attached hydrogens (tertiary/aromatic N) is 5. The monoisotopic (exact) mass is 659 g/mol. The lowest BCUT2D eigenvalue weighted by Gasteiger charge is -2.24. The van der Waals surface area contributed by atoms with Gasteiger partial charge in [-0.1, -0.05) is 41.1 Å². The molecule has 2 unspecified atom stereocenters. The molecule has 2 aromatic heterocycles. The predicted octanol–water partition coefficient (Wildman–Crippen LogP) is 5.57. The van der Waals surface area contributed by atoms with Gasteiger partial charge in [0, 0.05) is 41.0 Å². The number of hydrogen-bond acceptors (Lipinski definition) is 6. The standard InChI is InChI=1S/C30H26BBrClN6O4/c32-26-10-6-19(15-25(26)28(34)40)2-1-12-37(30(41)31-16-20-3-7-22(8-4-20)39(42)43)17-21-5-9-23(14-21)38-13-11-24-27(33)35-18-36-29(24)38/h3-4,6-8,10-11,13,15,18,21,23H,5,9,12,14,16-17H2,(H2,34,40). The minimum atomic E-state index is -0.562. The van der Waals surface area contributed by atoms with Crippen LogP contribution < -0.4 is 5.73 Å². The highest BCUT2D eigenvalue weighted by Gasteiger charge is 2.29. The van der Waals surface area contributed by atoms with Gasteiger partial charge in [-0.3, -0.25) is 19.7 Å². The molecule has 1 aliphatic rings. The number of nitrogens with two attached hydrogens (primary N) is 1. The second-order valence-electron chi connectivity index (χ2n) is 10.4. The first-order chi connectivity index (χ1) is 20.7. The van der Waals surface area contributed by atoms with E-state index in [0.29, 0.717) is 33.6 Å². The van der Waals surface area contributed by atoms with Gasteiger partial charge in [-0.15, -0.1) is 0 Å². The molecule has 10 nitrogen and oxygen atoms in total. The quantitative estimate of drug-likeness (QED) is 0.0819. The van der Waals surface area contributed by atoms with Crippen LogP contribution in [0.25, 0.3) is 11.0 Å². The summed E-state index contributed by atoms with van der Waals surface area (Å²) in [6.45, 7) is 0.705. The smallest absolute Gasteiger partial charge is 0.269 e. The second-order valence-corrected chi connectivity index (χ2v) is 11.6. The molecule has 2 aromatic carbocycles. The van der Waals surface area contributed by atoms with Crippen molar-refractivity contribution < 1.29 is 14.5 Å². The Morgan fingerprint density at radius 3 is 2.72 bits per heavy atom. The summed E-state index contributed by atoms with van der Waals surface area (Å²) in [5.74, 6) is 5.64. The van der Waals surface area contributed by atoms with Gasteiger partial charge in [-0.05, 0) is 71.7 Å². The van der Waals surface area contributed by atoms with E-state index in [1.807, 2.05) is 12.3 Å². The van der Waals surface area contributed by atoms with E-state index < -0.39 is 10.8 Å². The predicted molar refractivity (Wildman–Crippen MR) is 168 cm³/mol. The Kier molecular flexibility index (Phi) is 9.43. The van der Waals surface area contributed by atoms with Crippen molar-refractivity contribution in [3.63, 3.8) is 0 Å². The second kappa shape index (κ2) is 13.4. The van der Waals surface area contributed by atoms with Gasteiger partial charge in [0.1, 0.15) is 17.1 Å². The summed E-state index contributed by atoms with van der Waals surface area (Å²) < 4.78 is 2.72. The first-order valence-electron chi connectivity index (χ1n) is 13.6. The van der Waals surface area contributed by atoms with Crippen LogP contribution >= 0.6 is 27.5 Å². The zero-order chi connectivity index (χ0) is 30.5. The van der Waals surface area contributed by atoms with Crippen molar-refractivity contribution in [2.45, 2.75) is 31.6 Å². The summed E-state index contributed by atoms with van der Waals surface area (Å²) in [6, 6.07) is 13.4. The minimum Gasteiger partial charge on any atom is -0.366 e. The normalized spacial score (nSPS) is 16.0. The Hall–Kier alpha value is -4.21. The Bertz CT molecular complexity index is 1750. The number of nitro groups is 1. The molecule has 0 aliphatic heterocycles. The summed E-state index contributed by atoms with van der Waals surface area (Å²) in [7, 11) is 1.58. The number of nitro benzene ring substituents is 1. The summed E-state index contributed by atoms with van der Waals surface area (Å²) >= 11 is 9.57. The fourth-order valence-corrected chi connectivity index (χ4v) is 6.00. The SMILES string of the molecule is NC(=O)c1cc(C#CCN(CC2CCC(n3ccc4c(Cl)ncnc43)C2)C(=O)[B]Cc2ccc([N+](=O)[O-])cc2)ccc1Br. The maximum Gasteiger partial charge on any atom is 0.269 e. The molecule has 1 fully saturated rings. The lowest BCUT2D eigenvalue weighted by Crippen LogP contribution is -2.38. The van der Waals surface area contributed by atoms with Crippen molar-refractivity contribution in [3.05, 3.63) is 97.5 Å². The number of rotatable bonds is 9. The molecule has 0 bridgehead atoms. The molecule has 4 aromatic rings. The molecule has 217 valence electrons. The fourth-order valence-electron chi connectivity index (χ4n) is 5.36. The largest absolute Gasteiger partial charge is 0.366 e. The van der Waals surface area contributed by atoms with Crippen LogP contribution in [-0.4, -0.2) is 56.4 Å². The summed E-state index contributed by atoms with van der Waals surface area (Å²) in [5.41, 5.74) is 7.99. The molecule has 0 saturated heterocycles. The highest BCUT2D eigenvalue weighted by atomic mass is 79.9. The van der Waals surface area contributed by atoms with Gasteiger partial charge in [0.15, 0.2) is 5.81 Å². The van der Waals surface area contributed by atoms with Gasteiger partial charge in [0.2, 0.25) is 13.2 Å². The average Bonchev–Trinajstić information content (AvgIpc) is 3.64. The van der Waals surface area contributed by atoms with Gasteiger partial charge in [0.25, 0.3) is 5.69 Å². The molecule has 13 heteroatoms. The van der Waals surface area contributed by atoms with Crippen LogP contribution in [0.5, 0.6) is 0 Å². The van der Waals surface area contributed by atoms with Crippen molar-refractivity contribution in [1.82, 2.24) is 19.4 Å². The van der Waals surface area contributed by atoms with Crippen LogP contribution in [0, 0.1) is 27.9 Å². The molecule has 1 aliphatic carbocycles. The highest BCUT2D eigenvalue weighted by molar-refractivity contribution is 9.10. The van der Waals surface area contributed by atoms with Gasteiger partial charge in [0.05, 0.1) is 22.4 Å². The van der Waals surface area contributed by atoms with E-state index in [2.05, 4.69) is 42.3 Å². The lowest BCUT2D eigenvalue weighted by molar-refractivity contribution is -0.384. The number of hydrogen-bond donors (Lipinski definition) is 1. The van der Waals surface area contributed by atoms with Gasteiger partial charge in [-0.2, -0.15) is 0 Å². The molecular weight excluding hydrogens is 635 g/mol. The molecule has 0 spiro atoms. The number of non-ortho nitro benzene ring substituents is 1. The Labute approximate surface area is 262 Å². The summed E-state index contributed by atoms with van der Waals surface area (Å²) in [4.78, 5) is 45.9. The zero-order valence-corrected chi connectivity index (χ0v) is 25.3. The molecule has 43 heavy (non-hydrogen) atoms. The molecule has 1 radical (unpaired) electrons. The maximum atomic E-state index is 13.4. The van der Waals surface area contributed by atoms with Crippen molar-refractivity contribution in [3.8, 4) is 11.8 Å². The van der Waals surface area contributed by atoms with Crippen molar-refractivity contribution >= 4 is 63.2 Å². The molecular formula is C30H26BBrClN6O4. The molecule has 2 atom stereocenters. The third-order valence-corrected chi connectivity index (χ3v) is 8.54. The number of benzene rings is 2. The van der Waals surface area contributed by atoms with E-state index in [1.165, 1.54) is 18.5 Å². The number of carbonyl (C=O) groups is 2. The van der Waals surface area contributed by atoms with E-state index in [0.717, 1.165) is 35.9 Å². The number of primary amides is 1. The Morgan fingerprint density at radius 1 is 1.19 bits per heavy atom. The van der Waals surface area contributed by atoms with Crippen LogP contribution in [0.2, 0.25) is 5.15 Å². The lowest BCUT2D eigenvalue weighted by atomic mass is 9.70. The molecule has 5 rings (SSSR count). The zero-order valence-electron chi connectivity index (χ0n) is 23.0. The topological polar surface area (TPSA) is 137 Å². The first-order valence-corrected chi connectivity index (χ1v) is 14.8. The van der Waals surface area contributed by atoms with E-state index in [-0.39, 0.29) is 30.0 Å². The first kappa shape index (κ1) is 30.3. The Balaban J connectivity index is 1.29. The average molecular weight is 661 g/mol. The van der Waals surface area contributed by atoms with Crippen molar-refractivity contribution in [2.75, 3.05) is 13.1 Å². The van der Waals surface area contributed by atoms with E-state index >= 15 is 0 Å². The fraction of sp³-hybridized carbons (Fsp3) is 0.267. The van der Waals surface area contributed by atoms with Crippen molar-refractivity contribution in [2.24, 2.45) is 11.7 Å². The third-order valence-electron chi connectivity index (χ3n) is 7.55. The third kappa shape index (κ3) is 7.24. The number of fused-ring (bicyclic) bond motifs is 1. The number of halogens is 2. The summed E-state index contributed by atoms with van der Waals surface area (Å²) in [6.07, 6.45) is 6.51. The van der Waals surface area contributed by atoms with Crippen LogP contribution in [-0.2, 0) is 6.32 Å². The van der Waals surface area contributed by atoms with Gasteiger partial charge >= 0.3 is 0 Å². The van der Waals surface area contributed by atoms with Crippen LogP contribution in [0.3, 0.4) is 0 Å². The van der Waals surface area contributed by atoms with Crippen molar-refractivity contribution in [1.29, 1.82) is 0 Å². The highest BCUT2D eigenvalue weighted by Crippen LogP contribution is 2.37. The molecule has 2 N–H and O–H groups in total. The number of aromatic nitrogens is 3. The van der Waals surface area contributed by atoms with Crippen LogP contribution in [0.1, 0.15) is 46.8 Å². The molecule has 2 heterocycles. The van der Waals surface area contributed by atoms with E-state index in [4.69, 9.17) is 17.3 Å². The summed E-state index contributed by atoms with van der Waals surface area (Å²) in [5, 5.41) is 12.2.